The Balaban J connectivity index is 2.46. The third-order valence-corrected chi connectivity index (χ3v) is 3.90. The van der Waals surface area contributed by atoms with Crippen molar-refractivity contribution >= 4 is 29.3 Å². The molecule has 0 radical (unpaired) electrons. The van der Waals surface area contributed by atoms with E-state index in [1.54, 1.807) is 12.1 Å². The largest absolute Gasteiger partial charge is 0.462 e. The van der Waals surface area contributed by atoms with Gasteiger partial charge in [-0.15, -0.1) is 0 Å². The SMILES string of the molecule is CCCOC(=O)/C(C#N)=C1\SCC(=O)N1c1ccccc1F. The average molecular weight is 320 g/mol. The van der Waals surface area contributed by atoms with Crippen molar-refractivity contribution in [3.63, 3.8) is 0 Å². The molecule has 1 aliphatic rings. The maximum Gasteiger partial charge on any atom is 0.351 e. The summed E-state index contributed by atoms with van der Waals surface area (Å²) in [5.41, 5.74) is -0.268. The number of rotatable bonds is 4. The molecule has 114 valence electrons. The minimum atomic E-state index is -0.803. The van der Waals surface area contributed by atoms with Gasteiger partial charge in [-0.05, 0) is 18.6 Å². The number of carbonyl (C=O) groups is 2. The molecule has 0 N–H and O–H groups in total. The maximum absolute atomic E-state index is 13.9. The topological polar surface area (TPSA) is 70.4 Å². The summed E-state index contributed by atoms with van der Waals surface area (Å²) in [4.78, 5) is 25.0. The van der Waals surface area contributed by atoms with Gasteiger partial charge in [0.2, 0.25) is 5.91 Å². The van der Waals surface area contributed by atoms with E-state index < -0.39 is 11.8 Å². The molecule has 0 spiro atoms. The lowest BCUT2D eigenvalue weighted by Crippen LogP contribution is -2.27. The summed E-state index contributed by atoms with van der Waals surface area (Å²) in [5, 5.41) is 9.33. The number of anilines is 1. The number of nitriles is 1. The molecule has 1 amide bonds. The highest BCUT2D eigenvalue weighted by atomic mass is 32.2. The Labute approximate surface area is 131 Å². The van der Waals surface area contributed by atoms with Crippen molar-refractivity contribution in [2.45, 2.75) is 13.3 Å². The summed E-state index contributed by atoms with van der Waals surface area (Å²) in [6.45, 7) is 2.00. The van der Waals surface area contributed by atoms with Gasteiger partial charge in [0.05, 0.1) is 18.0 Å². The zero-order valence-electron chi connectivity index (χ0n) is 11.8. The van der Waals surface area contributed by atoms with Crippen LogP contribution in [0.15, 0.2) is 34.9 Å². The quantitative estimate of drug-likeness (QED) is 0.484. The van der Waals surface area contributed by atoms with Crippen LogP contribution in [0.25, 0.3) is 0 Å². The zero-order valence-corrected chi connectivity index (χ0v) is 12.7. The van der Waals surface area contributed by atoms with Crippen LogP contribution in [0.4, 0.5) is 10.1 Å². The van der Waals surface area contributed by atoms with E-state index in [9.17, 15) is 19.2 Å². The molecule has 0 atom stereocenters. The van der Waals surface area contributed by atoms with Gasteiger partial charge in [-0.25, -0.2) is 9.18 Å². The third-order valence-electron chi connectivity index (χ3n) is 2.85. The minimum Gasteiger partial charge on any atom is -0.462 e. The lowest BCUT2D eigenvalue weighted by atomic mass is 10.2. The number of amides is 1. The summed E-state index contributed by atoms with van der Waals surface area (Å²) < 4.78 is 18.9. The van der Waals surface area contributed by atoms with E-state index >= 15 is 0 Å². The monoisotopic (exact) mass is 320 g/mol. The molecular formula is C15H13FN2O3S. The summed E-state index contributed by atoms with van der Waals surface area (Å²) in [7, 11) is 0. The first-order valence-corrected chi connectivity index (χ1v) is 7.60. The summed E-state index contributed by atoms with van der Waals surface area (Å²) >= 11 is 1.02. The Morgan fingerprint density at radius 2 is 2.23 bits per heavy atom. The zero-order chi connectivity index (χ0) is 16.1. The Morgan fingerprint density at radius 3 is 2.86 bits per heavy atom. The Morgan fingerprint density at radius 1 is 1.50 bits per heavy atom. The van der Waals surface area contributed by atoms with E-state index in [2.05, 4.69) is 0 Å². The van der Waals surface area contributed by atoms with E-state index in [4.69, 9.17) is 4.74 Å². The number of nitrogens with zero attached hydrogens (tertiary/aromatic N) is 2. The second kappa shape index (κ2) is 7.09. The second-order valence-electron chi connectivity index (χ2n) is 4.40. The van der Waals surface area contributed by atoms with Gasteiger partial charge in [0.15, 0.2) is 5.57 Å². The van der Waals surface area contributed by atoms with E-state index in [0.29, 0.717) is 6.42 Å². The molecule has 0 saturated carbocycles. The molecule has 1 aromatic carbocycles. The number of hydrogen-bond donors (Lipinski definition) is 0. The number of para-hydroxylation sites is 1. The van der Waals surface area contributed by atoms with Crippen LogP contribution in [0.1, 0.15) is 13.3 Å². The van der Waals surface area contributed by atoms with Gasteiger partial charge in [-0.3, -0.25) is 9.69 Å². The van der Waals surface area contributed by atoms with Crippen LogP contribution in [-0.2, 0) is 14.3 Å². The molecule has 1 aromatic rings. The molecule has 0 bridgehead atoms. The van der Waals surface area contributed by atoms with Gasteiger partial charge >= 0.3 is 5.97 Å². The Hall–Kier alpha value is -2.33. The predicted octanol–water partition coefficient (Wildman–Crippen LogP) is 2.59. The summed E-state index contributed by atoms with van der Waals surface area (Å²) in [6, 6.07) is 7.47. The molecule has 1 saturated heterocycles. The molecule has 1 aliphatic heterocycles. The van der Waals surface area contributed by atoms with Crippen molar-refractivity contribution in [2.24, 2.45) is 0 Å². The van der Waals surface area contributed by atoms with Gasteiger partial charge in [0, 0.05) is 0 Å². The fraction of sp³-hybridized carbons (Fsp3) is 0.267. The van der Waals surface area contributed by atoms with Crippen LogP contribution in [0.2, 0.25) is 0 Å². The van der Waals surface area contributed by atoms with Crippen LogP contribution in [0.5, 0.6) is 0 Å². The first-order valence-electron chi connectivity index (χ1n) is 6.62. The maximum atomic E-state index is 13.9. The predicted molar refractivity (Wildman–Crippen MR) is 80.2 cm³/mol. The van der Waals surface area contributed by atoms with Gasteiger partial charge in [-0.1, -0.05) is 30.8 Å². The molecule has 1 heterocycles. The molecular weight excluding hydrogens is 307 g/mol. The van der Waals surface area contributed by atoms with Gasteiger partial charge in [0.25, 0.3) is 0 Å². The van der Waals surface area contributed by atoms with E-state index in [1.165, 1.54) is 18.2 Å². The molecule has 0 unspecified atom stereocenters. The van der Waals surface area contributed by atoms with E-state index in [0.717, 1.165) is 16.7 Å². The first kappa shape index (κ1) is 16.0. The lowest BCUT2D eigenvalue weighted by molar-refractivity contribution is -0.138. The van der Waals surface area contributed by atoms with Crippen molar-refractivity contribution in [1.29, 1.82) is 5.26 Å². The number of benzene rings is 1. The van der Waals surface area contributed by atoms with Crippen LogP contribution < -0.4 is 4.90 Å². The normalized spacial score (nSPS) is 16.4. The highest BCUT2D eigenvalue weighted by molar-refractivity contribution is 8.04. The van der Waals surface area contributed by atoms with E-state index in [1.807, 2.05) is 6.92 Å². The van der Waals surface area contributed by atoms with Gasteiger partial charge < -0.3 is 4.74 Å². The minimum absolute atomic E-state index is 0.0172. The van der Waals surface area contributed by atoms with Gasteiger partial charge in [-0.2, -0.15) is 5.26 Å². The molecule has 0 aromatic heterocycles. The molecule has 0 aliphatic carbocycles. The van der Waals surface area contributed by atoms with E-state index in [-0.39, 0.29) is 34.6 Å². The van der Waals surface area contributed by atoms with Crippen LogP contribution >= 0.6 is 11.8 Å². The number of thioether (sulfide) groups is 1. The highest BCUT2D eigenvalue weighted by Gasteiger charge is 2.34. The van der Waals surface area contributed by atoms with Crippen molar-refractivity contribution < 1.29 is 18.7 Å². The van der Waals surface area contributed by atoms with Crippen molar-refractivity contribution in [1.82, 2.24) is 0 Å². The van der Waals surface area contributed by atoms with Crippen LogP contribution in [-0.4, -0.2) is 24.2 Å². The second-order valence-corrected chi connectivity index (χ2v) is 5.36. The first-order chi connectivity index (χ1) is 10.6. The molecule has 22 heavy (non-hydrogen) atoms. The molecule has 1 fully saturated rings. The number of ether oxygens (including phenoxy) is 1. The number of halogens is 1. The summed E-state index contributed by atoms with van der Waals surface area (Å²) in [6.07, 6.45) is 0.614. The highest BCUT2D eigenvalue weighted by Crippen LogP contribution is 2.37. The Bertz CT molecular complexity index is 682. The van der Waals surface area contributed by atoms with Crippen molar-refractivity contribution in [2.75, 3.05) is 17.3 Å². The van der Waals surface area contributed by atoms with Gasteiger partial charge in [0.1, 0.15) is 16.9 Å². The number of carbonyl (C=O) groups excluding carboxylic acids is 2. The smallest absolute Gasteiger partial charge is 0.351 e. The summed E-state index contributed by atoms with van der Waals surface area (Å²) in [5.74, 6) is -1.75. The fourth-order valence-electron chi connectivity index (χ4n) is 1.88. The van der Waals surface area contributed by atoms with Crippen molar-refractivity contribution in [3.05, 3.63) is 40.7 Å². The molecule has 2 rings (SSSR count). The number of esters is 1. The Kier molecular flexibility index (Phi) is 5.17. The third kappa shape index (κ3) is 3.12. The number of hydrogen-bond acceptors (Lipinski definition) is 5. The van der Waals surface area contributed by atoms with Crippen molar-refractivity contribution in [3.8, 4) is 6.07 Å². The van der Waals surface area contributed by atoms with Crippen LogP contribution in [0.3, 0.4) is 0 Å². The molecule has 7 heteroatoms. The average Bonchev–Trinajstić information content (AvgIpc) is 2.88. The van der Waals surface area contributed by atoms with Crippen LogP contribution in [0, 0.1) is 17.1 Å². The lowest BCUT2D eigenvalue weighted by Gasteiger charge is -2.18. The molecule has 5 nitrogen and oxygen atoms in total. The fourth-order valence-corrected chi connectivity index (χ4v) is 2.87. The standard InChI is InChI=1S/C15H13FN2O3S/c1-2-7-21-15(20)10(8-17)14-18(13(19)9-22-14)12-6-4-3-5-11(12)16/h3-6H,2,7,9H2,1H3/b14-10-.